The molecule has 0 atom stereocenters. The second-order valence-electron chi connectivity index (χ2n) is 8.77. The van der Waals surface area contributed by atoms with Crippen molar-refractivity contribution in [2.75, 3.05) is 17.7 Å². The molecule has 3 aromatic heterocycles. The SMILES string of the molecule is Cc1ccc(S(=O)(=O)n2ccc3c(N(C)[C@H]4C[C@@H](CSc5cc(C#N)ccn5)C4)ncnc32)cc1. The lowest BCUT2D eigenvalue weighted by atomic mass is 9.81. The van der Waals surface area contributed by atoms with Gasteiger partial charge < -0.3 is 4.90 Å². The predicted octanol–water partition coefficient (Wildman–Crippen LogP) is 4.25. The maximum atomic E-state index is 13.2. The molecular weight excluding hydrogens is 480 g/mol. The van der Waals surface area contributed by atoms with Crippen LogP contribution in [0.15, 0.2) is 71.1 Å². The van der Waals surface area contributed by atoms with Gasteiger partial charge in [-0.2, -0.15) is 5.26 Å². The molecule has 1 saturated carbocycles. The van der Waals surface area contributed by atoms with Gasteiger partial charge in [-0.25, -0.2) is 27.3 Å². The minimum absolute atomic E-state index is 0.225. The van der Waals surface area contributed by atoms with Crippen LogP contribution in [-0.4, -0.2) is 46.2 Å². The molecule has 0 amide bonds. The first kappa shape index (κ1) is 23.3. The average molecular weight is 505 g/mol. The highest BCUT2D eigenvalue weighted by Gasteiger charge is 2.34. The molecule has 0 spiro atoms. The molecule has 35 heavy (non-hydrogen) atoms. The Morgan fingerprint density at radius 3 is 2.66 bits per heavy atom. The van der Waals surface area contributed by atoms with Crippen LogP contribution in [0.2, 0.25) is 0 Å². The summed E-state index contributed by atoms with van der Waals surface area (Å²) >= 11 is 1.67. The van der Waals surface area contributed by atoms with Crippen LogP contribution in [-0.2, 0) is 10.0 Å². The van der Waals surface area contributed by atoms with Crippen molar-refractivity contribution in [3.8, 4) is 6.07 Å². The minimum atomic E-state index is -3.76. The van der Waals surface area contributed by atoms with Crippen LogP contribution in [0.5, 0.6) is 0 Å². The summed E-state index contributed by atoms with van der Waals surface area (Å²) in [5, 5.41) is 10.6. The zero-order chi connectivity index (χ0) is 24.6. The van der Waals surface area contributed by atoms with Crippen molar-refractivity contribution < 1.29 is 8.42 Å². The van der Waals surface area contributed by atoms with Crippen molar-refractivity contribution in [2.24, 2.45) is 5.92 Å². The minimum Gasteiger partial charge on any atom is -0.356 e. The maximum Gasteiger partial charge on any atom is 0.269 e. The Hall–Kier alpha value is -3.42. The number of hydrogen-bond donors (Lipinski definition) is 0. The smallest absolute Gasteiger partial charge is 0.269 e. The van der Waals surface area contributed by atoms with Crippen LogP contribution in [0.1, 0.15) is 24.0 Å². The summed E-state index contributed by atoms with van der Waals surface area (Å²) in [7, 11) is -1.76. The number of pyridine rings is 1. The van der Waals surface area contributed by atoms with Crippen LogP contribution in [0.25, 0.3) is 11.0 Å². The summed E-state index contributed by atoms with van der Waals surface area (Å²) in [6, 6.07) is 14.6. The zero-order valence-corrected chi connectivity index (χ0v) is 21.0. The Kier molecular flexibility index (Phi) is 6.21. The van der Waals surface area contributed by atoms with Gasteiger partial charge in [0.25, 0.3) is 10.0 Å². The second kappa shape index (κ2) is 9.32. The molecule has 1 aliphatic carbocycles. The molecule has 0 saturated heterocycles. The van der Waals surface area contributed by atoms with Gasteiger partial charge in [-0.05, 0) is 56.0 Å². The van der Waals surface area contributed by atoms with Gasteiger partial charge in [0, 0.05) is 31.2 Å². The first-order valence-electron chi connectivity index (χ1n) is 11.2. The highest BCUT2D eigenvalue weighted by atomic mass is 32.2. The Bertz CT molecular complexity index is 1520. The molecule has 0 aliphatic heterocycles. The topological polar surface area (TPSA) is 105 Å². The van der Waals surface area contributed by atoms with E-state index in [1.54, 1.807) is 60.6 Å². The van der Waals surface area contributed by atoms with Gasteiger partial charge in [-0.1, -0.05) is 17.7 Å². The summed E-state index contributed by atoms with van der Waals surface area (Å²) in [5.41, 5.74) is 1.99. The number of nitrogens with zero attached hydrogens (tertiary/aromatic N) is 6. The third kappa shape index (κ3) is 4.49. The van der Waals surface area contributed by atoms with Crippen molar-refractivity contribution in [3.63, 3.8) is 0 Å². The first-order chi connectivity index (χ1) is 16.9. The lowest BCUT2D eigenvalue weighted by Crippen LogP contribution is -2.43. The van der Waals surface area contributed by atoms with E-state index in [-0.39, 0.29) is 4.90 Å². The molecule has 8 nitrogen and oxygen atoms in total. The Morgan fingerprint density at radius 1 is 1.14 bits per heavy atom. The van der Waals surface area contributed by atoms with Gasteiger partial charge in [-0.3, -0.25) is 0 Å². The third-order valence-corrected chi connectivity index (χ3v) is 9.27. The summed E-state index contributed by atoms with van der Waals surface area (Å²) < 4.78 is 27.7. The number of fused-ring (bicyclic) bond motifs is 1. The lowest BCUT2D eigenvalue weighted by molar-refractivity contribution is 0.286. The molecule has 3 heterocycles. The molecule has 0 bridgehead atoms. The second-order valence-corrected chi connectivity index (χ2v) is 11.6. The van der Waals surface area contributed by atoms with Gasteiger partial charge in [-0.15, -0.1) is 11.8 Å². The van der Waals surface area contributed by atoms with Crippen LogP contribution in [0, 0.1) is 24.2 Å². The largest absolute Gasteiger partial charge is 0.356 e. The highest BCUT2D eigenvalue weighted by Crippen LogP contribution is 2.38. The molecule has 10 heteroatoms. The van der Waals surface area contributed by atoms with Gasteiger partial charge >= 0.3 is 0 Å². The Labute approximate surface area is 208 Å². The fourth-order valence-corrected chi connectivity index (χ4v) is 6.63. The molecule has 4 aromatic rings. The molecule has 5 rings (SSSR count). The molecule has 178 valence electrons. The van der Waals surface area contributed by atoms with Crippen LogP contribution < -0.4 is 4.90 Å². The number of thioether (sulfide) groups is 1. The summed E-state index contributed by atoms with van der Waals surface area (Å²) in [6.45, 7) is 1.92. The van der Waals surface area contributed by atoms with E-state index in [1.165, 1.54) is 10.3 Å². The van der Waals surface area contributed by atoms with Crippen LogP contribution in [0.3, 0.4) is 0 Å². The number of rotatable bonds is 7. The normalized spacial score (nSPS) is 17.6. The molecule has 1 aliphatic rings. The molecule has 0 N–H and O–H groups in total. The molecule has 0 radical (unpaired) electrons. The lowest BCUT2D eigenvalue weighted by Gasteiger charge is -2.41. The van der Waals surface area contributed by atoms with E-state index < -0.39 is 10.0 Å². The Balaban J connectivity index is 1.30. The zero-order valence-electron chi connectivity index (χ0n) is 19.4. The number of aryl methyl sites for hydroxylation is 1. The maximum absolute atomic E-state index is 13.2. The highest BCUT2D eigenvalue weighted by molar-refractivity contribution is 7.99. The van der Waals surface area contributed by atoms with Gasteiger partial charge in [0.15, 0.2) is 5.65 Å². The first-order valence-corrected chi connectivity index (χ1v) is 13.7. The van der Waals surface area contributed by atoms with E-state index >= 15 is 0 Å². The summed E-state index contributed by atoms with van der Waals surface area (Å²) in [4.78, 5) is 15.5. The number of aromatic nitrogens is 4. The predicted molar refractivity (Wildman–Crippen MR) is 136 cm³/mol. The van der Waals surface area contributed by atoms with Gasteiger partial charge in [0.05, 0.1) is 26.9 Å². The quantitative estimate of drug-likeness (QED) is 0.344. The number of benzene rings is 1. The van der Waals surface area contributed by atoms with Gasteiger partial charge in [0.2, 0.25) is 0 Å². The standard InChI is InChI=1S/C25H24N6O2S2/c1-17-3-5-21(6-4-17)35(32,33)31-10-8-22-24(28-16-29-25(22)31)30(2)20-11-19(12-20)15-34-23-13-18(14-26)7-9-27-23/h3-10,13,16,19-20H,11-12,15H2,1-2H3/t19-,20+. The molecule has 1 aromatic carbocycles. The number of nitriles is 1. The van der Waals surface area contributed by atoms with E-state index in [2.05, 4.69) is 25.9 Å². The fraction of sp³-hybridized carbons (Fsp3) is 0.280. The van der Waals surface area contributed by atoms with E-state index in [1.807, 2.05) is 20.0 Å². The van der Waals surface area contributed by atoms with Crippen LogP contribution >= 0.6 is 11.8 Å². The van der Waals surface area contributed by atoms with Crippen LogP contribution in [0.4, 0.5) is 5.82 Å². The van der Waals surface area contributed by atoms with E-state index in [4.69, 9.17) is 5.26 Å². The van der Waals surface area contributed by atoms with Crippen molar-refractivity contribution in [2.45, 2.75) is 35.7 Å². The number of anilines is 1. The van der Waals surface area contributed by atoms with E-state index in [9.17, 15) is 8.42 Å². The van der Waals surface area contributed by atoms with E-state index in [0.717, 1.165) is 35.0 Å². The molecular formula is C25H24N6O2S2. The number of hydrogen-bond acceptors (Lipinski definition) is 8. The Morgan fingerprint density at radius 2 is 1.91 bits per heavy atom. The molecule has 1 fully saturated rings. The average Bonchev–Trinajstić information content (AvgIpc) is 3.28. The van der Waals surface area contributed by atoms with Crippen molar-refractivity contribution in [1.29, 1.82) is 5.26 Å². The molecule has 0 unspecified atom stereocenters. The van der Waals surface area contributed by atoms with Crippen molar-refractivity contribution in [3.05, 3.63) is 72.3 Å². The third-order valence-electron chi connectivity index (χ3n) is 6.43. The van der Waals surface area contributed by atoms with E-state index in [0.29, 0.717) is 28.6 Å². The summed E-state index contributed by atoms with van der Waals surface area (Å²) in [6.07, 6.45) is 6.66. The van der Waals surface area contributed by atoms with Crippen molar-refractivity contribution >= 4 is 38.6 Å². The monoisotopic (exact) mass is 504 g/mol. The summed E-state index contributed by atoms with van der Waals surface area (Å²) in [5.74, 6) is 2.22. The van der Waals surface area contributed by atoms with Crippen molar-refractivity contribution in [1.82, 2.24) is 18.9 Å². The fourth-order valence-electron chi connectivity index (χ4n) is 4.30. The van der Waals surface area contributed by atoms with Gasteiger partial charge in [0.1, 0.15) is 12.1 Å².